The fourth-order valence-electron chi connectivity index (χ4n) is 1.69. The molecule has 0 fully saturated rings. The van der Waals surface area contributed by atoms with E-state index in [0.29, 0.717) is 0 Å². The zero-order chi connectivity index (χ0) is 11.5. The molecule has 0 spiro atoms. The van der Waals surface area contributed by atoms with Gasteiger partial charge >= 0.3 is 0 Å². The molecule has 0 radical (unpaired) electrons. The van der Waals surface area contributed by atoms with Gasteiger partial charge in [0.15, 0.2) is 0 Å². The van der Waals surface area contributed by atoms with Crippen LogP contribution >= 0.6 is 0 Å². The Morgan fingerprint density at radius 1 is 1.12 bits per heavy atom. The first-order valence-corrected chi connectivity index (χ1v) is 5.32. The molecule has 2 heterocycles. The summed E-state index contributed by atoms with van der Waals surface area (Å²) in [5.41, 5.74) is 2.20. The maximum atomic E-state index is 4.43. The molecule has 82 valence electrons. The Kier molecular flexibility index (Phi) is 2.86. The van der Waals surface area contributed by atoms with Gasteiger partial charge in [-0.05, 0) is 25.1 Å². The quantitative estimate of drug-likeness (QED) is 0.709. The molecule has 3 nitrogen and oxygen atoms in total. The van der Waals surface area contributed by atoms with Crippen molar-refractivity contribution in [3.8, 4) is 11.1 Å². The van der Waals surface area contributed by atoms with Crippen LogP contribution in [0.15, 0.2) is 24.7 Å². The van der Waals surface area contributed by atoms with Crippen molar-refractivity contribution in [1.29, 1.82) is 0 Å². The van der Waals surface area contributed by atoms with Crippen molar-refractivity contribution in [2.75, 3.05) is 0 Å². The molecule has 16 heavy (non-hydrogen) atoms. The van der Waals surface area contributed by atoms with Crippen molar-refractivity contribution in [1.82, 2.24) is 14.8 Å². The van der Waals surface area contributed by atoms with Crippen LogP contribution in [0.4, 0.5) is 0 Å². The highest BCUT2D eigenvalue weighted by atomic mass is 15.2. The summed E-state index contributed by atoms with van der Waals surface area (Å²) in [5, 5.41) is 6.34. The zero-order valence-corrected chi connectivity index (χ0v) is 9.81. The second-order valence-electron chi connectivity index (χ2n) is 3.68. The van der Waals surface area contributed by atoms with E-state index < -0.39 is 0 Å². The lowest BCUT2D eigenvalue weighted by atomic mass is 10.1. The molecule has 0 aliphatic carbocycles. The Labute approximate surface area is 94.8 Å². The van der Waals surface area contributed by atoms with E-state index >= 15 is 0 Å². The Morgan fingerprint density at radius 3 is 2.50 bits per heavy atom. The van der Waals surface area contributed by atoms with E-state index in [9.17, 15) is 0 Å². The third-order valence-corrected chi connectivity index (χ3v) is 2.57. The maximum Gasteiger partial charge on any atom is 0.0656 e. The average molecular weight is 213 g/mol. The van der Waals surface area contributed by atoms with Crippen LogP contribution in [-0.2, 0) is 7.05 Å². The maximum absolute atomic E-state index is 4.43. The van der Waals surface area contributed by atoms with Gasteiger partial charge in [-0.25, -0.2) is 0 Å². The molecule has 0 unspecified atom stereocenters. The van der Waals surface area contributed by atoms with Crippen LogP contribution in [0.2, 0.25) is 0 Å². The van der Waals surface area contributed by atoms with Gasteiger partial charge in [-0.15, -0.1) is 0 Å². The predicted molar refractivity (Wildman–Crippen MR) is 66.0 cm³/mol. The molecule has 0 aliphatic heterocycles. The summed E-state index contributed by atoms with van der Waals surface area (Å²) < 4.78 is 1.80. The van der Waals surface area contributed by atoms with Gasteiger partial charge < -0.3 is 0 Å². The Bertz CT molecular complexity index is 608. The number of aromatic nitrogens is 3. The molecular formula is C13H15N3. The molecule has 2 aromatic heterocycles. The Morgan fingerprint density at radius 2 is 1.94 bits per heavy atom. The minimum absolute atomic E-state index is 1.02. The highest BCUT2D eigenvalue weighted by molar-refractivity contribution is 5.60. The number of nitrogens with zero attached hydrogens (tertiary/aromatic N) is 3. The molecule has 0 N–H and O–H groups in total. The predicted octanol–water partition coefficient (Wildman–Crippen LogP) is 1.08. The SMILES string of the molecule is CC=c1cc(-c2cnn(C)c2)cnc1=CC. The van der Waals surface area contributed by atoms with E-state index in [1.54, 1.807) is 4.68 Å². The van der Waals surface area contributed by atoms with Crippen molar-refractivity contribution < 1.29 is 0 Å². The lowest BCUT2D eigenvalue weighted by Gasteiger charge is -1.96. The molecule has 0 atom stereocenters. The average Bonchev–Trinajstić information content (AvgIpc) is 2.75. The molecular weight excluding hydrogens is 198 g/mol. The summed E-state index contributed by atoms with van der Waals surface area (Å²) >= 11 is 0. The van der Waals surface area contributed by atoms with Crippen molar-refractivity contribution in [2.45, 2.75) is 13.8 Å². The minimum Gasteiger partial charge on any atom is -0.275 e. The van der Waals surface area contributed by atoms with Crippen LogP contribution in [0.5, 0.6) is 0 Å². The summed E-state index contributed by atoms with van der Waals surface area (Å²) in [4.78, 5) is 4.43. The number of pyridine rings is 1. The van der Waals surface area contributed by atoms with Gasteiger partial charge in [0, 0.05) is 30.6 Å². The number of aryl methyl sites for hydroxylation is 1. The van der Waals surface area contributed by atoms with E-state index in [-0.39, 0.29) is 0 Å². The van der Waals surface area contributed by atoms with Gasteiger partial charge in [0.1, 0.15) is 0 Å². The molecule has 2 rings (SSSR count). The zero-order valence-electron chi connectivity index (χ0n) is 9.81. The van der Waals surface area contributed by atoms with Crippen LogP contribution in [0, 0.1) is 0 Å². The lowest BCUT2D eigenvalue weighted by Crippen LogP contribution is -2.27. The normalized spacial score (nSPS) is 13.4. The molecule has 0 aromatic carbocycles. The Balaban J connectivity index is 2.61. The van der Waals surface area contributed by atoms with Crippen LogP contribution in [0.3, 0.4) is 0 Å². The molecule has 0 saturated carbocycles. The smallest absolute Gasteiger partial charge is 0.0656 e. The van der Waals surface area contributed by atoms with Gasteiger partial charge in [0.05, 0.1) is 11.5 Å². The summed E-state index contributed by atoms with van der Waals surface area (Å²) in [6.45, 7) is 4.02. The molecule has 0 saturated heterocycles. The monoisotopic (exact) mass is 213 g/mol. The first-order valence-electron chi connectivity index (χ1n) is 5.32. The van der Waals surface area contributed by atoms with Crippen LogP contribution in [0.1, 0.15) is 13.8 Å². The molecule has 3 heteroatoms. The van der Waals surface area contributed by atoms with Crippen LogP contribution in [0.25, 0.3) is 23.3 Å². The van der Waals surface area contributed by atoms with Crippen LogP contribution < -0.4 is 10.6 Å². The van der Waals surface area contributed by atoms with Gasteiger partial charge in [0.25, 0.3) is 0 Å². The molecule has 0 bridgehead atoms. The van der Waals surface area contributed by atoms with Crippen molar-refractivity contribution in [2.24, 2.45) is 7.05 Å². The summed E-state index contributed by atoms with van der Waals surface area (Å²) in [5.74, 6) is 0. The summed E-state index contributed by atoms with van der Waals surface area (Å²) in [6.07, 6.45) is 9.82. The molecule has 0 amide bonds. The van der Waals surface area contributed by atoms with Crippen molar-refractivity contribution in [3.63, 3.8) is 0 Å². The number of hydrogen-bond acceptors (Lipinski definition) is 2. The Hall–Kier alpha value is -1.90. The van der Waals surface area contributed by atoms with Crippen molar-refractivity contribution >= 4 is 12.2 Å². The van der Waals surface area contributed by atoms with Crippen molar-refractivity contribution in [3.05, 3.63) is 35.2 Å². The van der Waals surface area contributed by atoms with Crippen LogP contribution in [-0.4, -0.2) is 14.8 Å². The number of rotatable bonds is 1. The van der Waals surface area contributed by atoms with Gasteiger partial charge in [0.2, 0.25) is 0 Å². The fraction of sp³-hybridized carbons (Fsp3) is 0.231. The van der Waals surface area contributed by atoms with Gasteiger partial charge in [-0.1, -0.05) is 12.2 Å². The van der Waals surface area contributed by atoms with Gasteiger partial charge in [-0.2, -0.15) is 5.10 Å². The first-order chi connectivity index (χ1) is 7.74. The second kappa shape index (κ2) is 4.31. The van der Waals surface area contributed by atoms with E-state index in [1.807, 2.05) is 45.6 Å². The minimum atomic E-state index is 1.02. The van der Waals surface area contributed by atoms with E-state index in [1.165, 1.54) is 0 Å². The lowest BCUT2D eigenvalue weighted by molar-refractivity contribution is 0.768. The second-order valence-corrected chi connectivity index (χ2v) is 3.68. The molecule has 2 aromatic rings. The summed E-state index contributed by atoms with van der Waals surface area (Å²) in [7, 11) is 1.91. The number of hydrogen-bond donors (Lipinski definition) is 0. The molecule has 0 aliphatic rings. The summed E-state index contributed by atoms with van der Waals surface area (Å²) in [6, 6.07) is 2.14. The van der Waals surface area contributed by atoms with E-state index in [2.05, 4.69) is 22.2 Å². The third-order valence-electron chi connectivity index (χ3n) is 2.57. The van der Waals surface area contributed by atoms with E-state index in [4.69, 9.17) is 0 Å². The highest BCUT2D eigenvalue weighted by Crippen LogP contribution is 2.13. The largest absolute Gasteiger partial charge is 0.275 e. The standard InChI is InChI=1S/C13H15N3/c1-4-10-6-11(7-14-13(10)5-2)12-8-15-16(3)9-12/h4-9H,1-3H3. The topological polar surface area (TPSA) is 30.7 Å². The fourth-order valence-corrected chi connectivity index (χ4v) is 1.69. The van der Waals surface area contributed by atoms with Gasteiger partial charge in [-0.3, -0.25) is 9.67 Å². The third kappa shape index (κ3) is 1.89. The first kappa shape index (κ1) is 10.6. The van der Waals surface area contributed by atoms with E-state index in [0.717, 1.165) is 21.7 Å². The highest BCUT2D eigenvalue weighted by Gasteiger charge is 2.00.